The van der Waals surface area contributed by atoms with Crippen molar-refractivity contribution >= 4 is 5.69 Å². The van der Waals surface area contributed by atoms with Gasteiger partial charge < -0.3 is 5.32 Å². The summed E-state index contributed by atoms with van der Waals surface area (Å²) < 4.78 is 0. The maximum atomic E-state index is 4.25. The molecule has 1 N–H and O–H groups in total. The molecular formula is C15H18N2. The predicted octanol–water partition coefficient (Wildman–Crippen LogP) is 3.43. The van der Waals surface area contributed by atoms with E-state index in [1.54, 1.807) is 0 Å². The monoisotopic (exact) mass is 226 g/mol. The highest BCUT2D eigenvalue weighted by Crippen LogP contribution is 2.10. The molecule has 0 aliphatic rings. The minimum atomic E-state index is 0.988. The van der Waals surface area contributed by atoms with Gasteiger partial charge in [-0.15, -0.1) is 0 Å². The van der Waals surface area contributed by atoms with Crippen LogP contribution in [0.15, 0.2) is 48.7 Å². The highest BCUT2D eigenvalue weighted by atomic mass is 14.9. The fourth-order valence-electron chi connectivity index (χ4n) is 1.83. The van der Waals surface area contributed by atoms with Crippen LogP contribution in [0.3, 0.4) is 0 Å². The van der Waals surface area contributed by atoms with Gasteiger partial charge in [-0.2, -0.15) is 0 Å². The highest BCUT2D eigenvalue weighted by molar-refractivity contribution is 5.46. The van der Waals surface area contributed by atoms with Gasteiger partial charge in [0.2, 0.25) is 0 Å². The molecule has 0 unspecified atom stereocenters. The first-order valence-corrected chi connectivity index (χ1v) is 6.05. The molecule has 0 amide bonds. The summed E-state index contributed by atoms with van der Waals surface area (Å²) in [6, 6.07) is 14.6. The molecule has 2 heteroatoms. The standard InChI is InChI=1S/C15H18N2/c1-13-15(10-6-11-16-13)17-12-5-9-14-7-3-2-4-8-14/h2-4,6-8,10-11,17H,5,9,12H2,1H3. The van der Waals surface area contributed by atoms with Gasteiger partial charge in [-0.1, -0.05) is 30.3 Å². The molecule has 0 atom stereocenters. The van der Waals surface area contributed by atoms with Gasteiger partial charge in [0, 0.05) is 12.7 Å². The van der Waals surface area contributed by atoms with Crippen LogP contribution >= 0.6 is 0 Å². The lowest BCUT2D eigenvalue weighted by molar-refractivity contribution is 0.861. The van der Waals surface area contributed by atoms with Crippen molar-refractivity contribution in [2.24, 2.45) is 0 Å². The molecule has 0 bridgehead atoms. The number of nitrogens with zero attached hydrogens (tertiary/aromatic N) is 1. The van der Waals surface area contributed by atoms with Crippen LogP contribution in [0.4, 0.5) is 5.69 Å². The minimum Gasteiger partial charge on any atom is -0.384 e. The van der Waals surface area contributed by atoms with Gasteiger partial charge in [-0.05, 0) is 37.5 Å². The van der Waals surface area contributed by atoms with Crippen molar-refractivity contribution in [3.63, 3.8) is 0 Å². The number of nitrogens with one attached hydrogen (secondary N) is 1. The Labute approximate surface area is 103 Å². The van der Waals surface area contributed by atoms with Gasteiger partial charge in [0.25, 0.3) is 0 Å². The second kappa shape index (κ2) is 6.04. The molecule has 2 nitrogen and oxygen atoms in total. The van der Waals surface area contributed by atoms with Crippen LogP contribution in [0.25, 0.3) is 0 Å². The zero-order valence-corrected chi connectivity index (χ0v) is 10.2. The third-order valence-corrected chi connectivity index (χ3v) is 2.81. The van der Waals surface area contributed by atoms with Crippen LogP contribution in [0.1, 0.15) is 17.7 Å². The maximum Gasteiger partial charge on any atom is 0.0603 e. The van der Waals surface area contributed by atoms with Crippen LogP contribution in [0, 0.1) is 6.92 Å². The predicted molar refractivity (Wildman–Crippen MR) is 72.2 cm³/mol. The summed E-state index contributed by atoms with van der Waals surface area (Å²) >= 11 is 0. The van der Waals surface area contributed by atoms with Crippen molar-refractivity contribution in [1.29, 1.82) is 0 Å². The maximum absolute atomic E-state index is 4.25. The molecule has 2 aromatic rings. The fourth-order valence-corrected chi connectivity index (χ4v) is 1.83. The summed E-state index contributed by atoms with van der Waals surface area (Å²) in [6.07, 6.45) is 4.08. The average molecular weight is 226 g/mol. The van der Waals surface area contributed by atoms with Crippen molar-refractivity contribution in [3.8, 4) is 0 Å². The van der Waals surface area contributed by atoms with Gasteiger partial charge in [0.05, 0.1) is 11.4 Å². The second-order valence-corrected chi connectivity index (χ2v) is 4.15. The lowest BCUT2D eigenvalue weighted by atomic mass is 10.1. The number of anilines is 1. The molecule has 0 aliphatic heterocycles. The van der Waals surface area contributed by atoms with Gasteiger partial charge >= 0.3 is 0 Å². The number of aryl methyl sites for hydroxylation is 2. The van der Waals surface area contributed by atoms with E-state index in [1.165, 1.54) is 5.56 Å². The van der Waals surface area contributed by atoms with Crippen LogP contribution < -0.4 is 5.32 Å². The van der Waals surface area contributed by atoms with Crippen molar-refractivity contribution in [3.05, 3.63) is 59.9 Å². The number of hydrogen-bond donors (Lipinski definition) is 1. The van der Waals surface area contributed by atoms with E-state index in [4.69, 9.17) is 0 Å². The summed E-state index contributed by atoms with van der Waals surface area (Å²) in [5.41, 5.74) is 3.60. The molecule has 17 heavy (non-hydrogen) atoms. The van der Waals surface area contributed by atoms with Crippen molar-refractivity contribution in [1.82, 2.24) is 4.98 Å². The number of rotatable bonds is 5. The van der Waals surface area contributed by atoms with E-state index in [0.29, 0.717) is 0 Å². The van der Waals surface area contributed by atoms with E-state index in [0.717, 1.165) is 30.8 Å². The average Bonchev–Trinajstić information content (AvgIpc) is 2.38. The Morgan fingerprint density at radius 3 is 2.65 bits per heavy atom. The number of pyridine rings is 1. The van der Waals surface area contributed by atoms with E-state index >= 15 is 0 Å². The molecule has 2 rings (SSSR count). The quantitative estimate of drug-likeness (QED) is 0.790. The van der Waals surface area contributed by atoms with Gasteiger partial charge in [0.1, 0.15) is 0 Å². The summed E-state index contributed by atoms with van der Waals surface area (Å²) in [4.78, 5) is 4.25. The van der Waals surface area contributed by atoms with E-state index in [1.807, 2.05) is 19.2 Å². The minimum absolute atomic E-state index is 0.988. The molecule has 1 aromatic carbocycles. The van der Waals surface area contributed by atoms with Crippen LogP contribution in [-0.4, -0.2) is 11.5 Å². The number of hydrogen-bond acceptors (Lipinski definition) is 2. The summed E-state index contributed by atoms with van der Waals surface area (Å²) in [5, 5.41) is 3.42. The number of benzene rings is 1. The van der Waals surface area contributed by atoms with E-state index in [-0.39, 0.29) is 0 Å². The summed E-state index contributed by atoms with van der Waals surface area (Å²) in [7, 11) is 0. The first-order valence-electron chi connectivity index (χ1n) is 6.05. The van der Waals surface area contributed by atoms with Gasteiger partial charge in [-0.3, -0.25) is 4.98 Å². The van der Waals surface area contributed by atoms with Gasteiger partial charge in [-0.25, -0.2) is 0 Å². The molecule has 1 aromatic heterocycles. The third kappa shape index (κ3) is 3.59. The Morgan fingerprint density at radius 1 is 1.06 bits per heavy atom. The third-order valence-electron chi connectivity index (χ3n) is 2.81. The zero-order chi connectivity index (χ0) is 11.9. The van der Waals surface area contributed by atoms with E-state index in [9.17, 15) is 0 Å². The first kappa shape index (κ1) is 11.6. The van der Waals surface area contributed by atoms with Crippen LogP contribution in [0.2, 0.25) is 0 Å². The zero-order valence-electron chi connectivity index (χ0n) is 10.2. The lowest BCUT2D eigenvalue weighted by Gasteiger charge is -2.08. The fraction of sp³-hybridized carbons (Fsp3) is 0.267. The molecule has 0 aliphatic carbocycles. The molecule has 0 saturated carbocycles. The normalized spacial score (nSPS) is 10.2. The molecule has 88 valence electrons. The van der Waals surface area contributed by atoms with Gasteiger partial charge in [0.15, 0.2) is 0 Å². The topological polar surface area (TPSA) is 24.9 Å². The largest absolute Gasteiger partial charge is 0.384 e. The summed E-state index contributed by atoms with van der Waals surface area (Å²) in [6.45, 7) is 3.01. The van der Waals surface area contributed by atoms with E-state index < -0.39 is 0 Å². The SMILES string of the molecule is Cc1ncccc1NCCCc1ccccc1. The Morgan fingerprint density at radius 2 is 1.88 bits per heavy atom. The van der Waals surface area contributed by atoms with Crippen molar-refractivity contribution in [2.75, 3.05) is 11.9 Å². The smallest absolute Gasteiger partial charge is 0.0603 e. The second-order valence-electron chi connectivity index (χ2n) is 4.15. The molecule has 1 heterocycles. The Balaban J connectivity index is 1.76. The molecule has 0 fully saturated rings. The van der Waals surface area contributed by atoms with Crippen LogP contribution in [0.5, 0.6) is 0 Å². The Kier molecular flexibility index (Phi) is 4.14. The Bertz CT molecular complexity index is 451. The first-order chi connectivity index (χ1) is 8.36. The molecule has 0 radical (unpaired) electrons. The molecule has 0 spiro atoms. The van der Waals surface area contributed by atoms with E-state index in [2.05, 4.69) is 46.7 Å². The molecular weight excluding hydrogens is 208 g/mol. The molecule has 0 saturated heterocycles. The van der Waals surface area contributed by atoms with Crippen molar-refractivity contribution < 1.29 is 0 Å². The number of aromatic nitrogens is 1. The van der Waals surface area contributed by atoms with Crippen LogP contribution in [-0.2, 0) is 6.42 Å². The summed E-state index contributed by atoms with van der Waals surface area (Å²) in [5.74, 6) is 0. The Hall–Kier alpha value is -1.83. The highest BCUT2D eigenvalue weighted by Gasteiger charge is 1.96. The van der Waals surface area contributed by atoms with Crippen molar-refractivity contribution in [2.45, 2.75) is 19.8 Å². The lowest BCUT2D eigenvalue weighted by Crippen LogP contribution is -2.04.